The highest BCUT2D eigenvalue weighted by atomic mass is 79.9. The molecule has 1 fully saturated rings. The molecule has 1 aromatic rings. The molecule has 0 radical (unpaired) electrons. The maximum absolute atomic E-state index is 9.88. The van der Waals surface area contributed by atoms with Gasteiger partial charge in [-0.05, 0) is 31.4 Å². The molecule has 0 bridgehead atoms. The molecule has 0 amide bonds. The average Bonchev–Trinajstić information content (AvgIpc) is 2.67. The van der Waals surface area contributed by atoms with Crippen LogP contribution >= 0.6 is 15.9 Å². The van der Waals surface area contributed by atoms with Gasteiger partial charge in [-0.2, -0.15) is 0 Å². The lowest BCUT2D eigenvalue weighted by Crippen LogP contribution is -2.48. The van der Waals surface area contributed by atoms with Crippen LogP contribution in [0.25, 0.3) is 0 Å². The van der Waals surface area contributed by atoms with Crippen molar-refractivity contribution in [3.8, 4) is 0 Å². The third-order valence-corrected chi connectivity index (χ3v) is 4.85. The highest BCUT2D eigenvalue weighted by Crippen LogP contribution is 2.30. The summed E-state index contributed by atoms with van der Waals surface area (Å²) in [6.45, 7) is 2.21. The number of benzene rings is 1. The van der Waals surface area contributed by atoms with E-state index >= 15 is 0 Å². The van der Waals surface area contributed by atoms with Crippen molar-refractivity contribution in [1.82, 2.24) is 5.32 Å². The Morgan fingerprint density at radius 2 is 1.84 bits per heavy atom. The molecular weight excluding hydrogens is 302 g/mol. The molecule has 0 spiro atoms. The quantitative estimate of drug-likeness (QED) is 0.821. The average molecular weight is 326 g/mol. The Balaban J connectivity index is 2.15. The molecule has 106 valence electrons. The summed E-state index contributed by atoms with van der Waals surface area (Å²) < 4.78 is 1.06. The fraction of sp³-hybridized carbons (Fsp3) is 0.625. The summed E-state index contributed by atoms with van der Waals surface area (Å²) in [4.78, 5) is 0. The van der Waals surface area contributed by atoms with Crippen molar-refractivity contribution in [3.63, 3.8) is 0 Å². The normalized spacial score (nSPS) is 20.8. The van der Waals surface area contributed by atoms with Crippen molar-refractivity contribution < 1.29 is 5.11 Å². The largest absolute Gasteiger partial charge is 0.394 e. The molecule has 0 aliphatic heterocycles. The second-order valence-corrected chi connectivity index (χ2v) is 6.66. The number of halogens is 1. The van der Waals surface area contributed by atoms with Gasteiger partial charge >= 0.3 is 0 Å². The molecule has 2 nitrogen and oxygen atoms in total. The van der Waals surface area contributed by atoms with Gasteiger partial charge in [-0.15, -0.1) is 0 Å². The van der Waals surface area contributed by atoms with E-state index in [2.05, 4.69) is 34.2 Å². The third-order valence-electron chi connectivity index (χ3n) is 4.16. The summed E-state index contributed by atoms with van der Waals surface area (Å²) in [5.41, 5.74) is 0.775. The van der Waals surface area contributed by atoms with Gasteiger partial charge in [0.1, 0.15) is 0 Å². The summed E-state index contributed by atoms with van der Waals surface area (Å²) in [6, 6.07) is 8.69. The van der Waals surface area contributed by atoms with Crippen LogP contribution < -0.4 is 5.32 Å². The molecule has 0 saturated heterocycles. The van der Waals surface area contributed by atoms with Gasteiger partial charge < -0.3 is 10.4 Å². The van der Waals surface area contributed by atoms with Gasteiger partial charge in [0.05, 0.1) is 12.1 Å². The molecule has 3 heteroatoms. The van der Waals surface area contributed by atoms with Crippen LogP contribution in [0.3, 0.4) is 0 Å². The van der Waals surface area contributed by atoms with Gasteiger partial charge in [-0.25, -0.2) is 0 Å². The Bertz CT molecular complexity index is 401. The zero-order valence-corrected chi connectivity index (χ0v) is 13.2. The van der Waals surface area contributed by atoms with Gasteiger partial charge in [0.25, 0.3) is 0 Å². The van der Waals surface area contributed by atoms with Gasteiger partial charge in [-0.3, -0.25) is 0 Å². The van der Waals surface area contributed by atoms with Gasteiger partial charge in [0.2, 0.25) is 0 Å². The van der Waals surface area contributed by atoms with Crippen LogP contribution in [0.1, 0.15) is 51.0 Å². The highest BCUT2D eigenvalue weighted by molar-refractivity contribution is 9.10. The zero-order valence-electron chi connectivity index (χ0n) is 11.7. The molecule has 1 aliphatic rings. The Labute approximate surface area is 124 Å². The number of aliphatic hydroxyl groups excluding tert-OH is 1. The number of hydrogen-bond acceptors (Lipinski definition) is 2. The SMILES string of the molecule is CC(CO)(NC1CCCCCC1)c1ccccc1Br. The summed E-state index contributed by atoms with van der Waals surface area (Å²) in [5.74, 6) is 0. The minimum atomic E-state index is -0.366. The monoisotopic (exact) mass is 325 g/mol. The molecular formula is C16H24BrNO. The van der Waals surface area contributed by atoms with Crippen LogP contribution in [0.15, 0.2) is 28.7 Å². The molecule has 1 atom stereocenters. The molecule has 19 heavy (non-hydrogen) atoms. The molecule has 1 saturated carbocycles. The van der Waals surface area contributed by atoms with E-state index in [1.54, 1.807) is 0 Å². The lowest BCUT2D eigenvalue weighted by molar-refractivity contribution is 0.156. The first-order valence-electron chi connectivity index (χ1n) is 7.29. The van der Waals surface area contributed by atoms with Crippen molar-refractivity contribution in [3.05, 3.63) is 34.3 Å². The molecule has 2 N–H and O–H groups in total. The van der Waals surface area contributed by atoms with E-state index in [-0.39, 0.29) is 12.1 Å². The van der Waals surface area contributed by atoms with E-state index in [9.17, 15) is 5.11 Å². The van der Waals surface area contributed by atoms with Gasteiger partial charge in [0.15, 0.2) is 0 Å². The number of aliphatic hydroxyl groups is 1. The Kier molecular flexibility index (Phi) is 5.43. The van der Waals surface area contributed by atoms with Crippen LogP contribution in [0.2, 0.25) is 0 Å². The molecule has 1 aliphatic carbocycles. The van der Waals surface area contributed by atoms with Crippen LogP contribution in [0.4, 0.5) is 0 Å². The molecule has 1 unspecified atom stereocenters. The van der Waals surface area contributed by atoms with Crippen molar-refractivity contribution in [1.29, 1.82) is 0 Å². The Hall–Kier alpha value is -0.380. The van der Waals surface area contributed by atoms with Crippen molar-refractivity contribution >= 4 is 15.9 Å². The van der Waals surface area contributed by atoms with Crippen molar-refractivity contribution in [2.75, 3.05) is 6.61 Å². The fourth-order valence-electron chi connectivity index (χ4n) is 2.99. The second kappa shape index (κ2) is 6.87. The lowest BCUT2D eigenvalue weighted by Gasteiger charge is -2.34. The minimum Gasteiger partial charge on any atom is -0.394 e. The van der Waals surface area contributed by atoms with E-state index < -0.39 is 0 Å². The molecule has 0 heterocycles. The predicted octanol–water partition coefficient (Wildman–Crippen LogP) is 3.97. The second-order valence-electron chi connectivity index (χ2n) is 5.80. The topological polar surface area (TPSA) is 32.3 Å². The van der Waals surface area contributed by atoms with Crippen LogP contribution in [0.5, 0.6) is 0 Å². The first-order chi connectivity index (χ1) is 9.15. The molecule has 2 rings (SSSR count). The summed E-state index contributed by atoms with van der Waals surface area (Å²) in [7, 11) is 0. The smallest absolute Gasteiger partial charge is 0.0653 e. The van der Waals surface area contributed by atoms with Gasteiger partial charge in [0, 0.05) is 10.5 Å². The first-order valence-corrected chi connectivity index (χ1v) is 8.08. The number of rotatable bonds is 4. The minimum absolute atomic E-state index is 0.117. The highest BCUT2D eigenvalue weighted by Gasteiger charge is 2.30. The first kappa shape index (κ1) is 15.0. The zero-order chi connectivity index (χ0) is 13.7. The Morgan fingerprint density at radius 3 is 2.42 bits per heavy atom. The van der Waals surface area contributed by atoms with Crippen LogP contribution in [0, 0.1) is 0 Å². The third kappa shape index (κ3) is 3.80. The molecule has 0 aromatic heterocycles. The van der Waals surface area contributed by atoms with E-state index in [0.29, 0.717) is 6.04 Å². The van der Waals surface area contributed by atoms with Crippen LogP contribution in [-0.4, -0.2) is 17.8 Å². The summed E-state index contributed by atoms with van der Waals surface area (Å²) in [5, 5.41) is 13.6. The van der Waals surface area contributed by atoms with Crippen LogP contribution in [-0.2, 0) is 5.54 Å². The predicted molar refractivity (Wildman–Crippen MR) is 83.2 cm³/mol. The van der Waals surface area contributed by atoms with Crippen molar-refractivity contribution in [2.24, 2.45) is 0 Å². The summed E-state index contributed by atoms with van der Waals surface area (Å²) in [6.07, 6.45) is 7.75. The fourth-order valence-corrected chi connectivity index (χ4v) is 3.71. The number of nitrogens with one attached hydrogen (secondary N) is 1. The Morgan fingerprint density at radius 1 is 1.21 bits per heavy atom. The van der Waals surface area contributed by atoms with E-state index in [1.807, 2.05) is 18.2 Å². The molecule has 1 aromatic carbocycles. The lowest BCUT2D eigenvalue weighted by atomic mass is 9.91. The van der Waals surface area contributed by atoms with Crippen molar-refractivity contribution in [2.45, 2.75) is 57.0 Å². The van der Waals surface area contributed by atoms with E-state index in [4.69, 9.17) is 0 Å². The maximum atomic E-state index is 9.88. The van der Waals surface area contributed by atoms with Gasteiger partial charge in [-0.1, -0.05) is 59.8 Å². The summed E-state index contributed by atoms with van der Waals surface area (Å²) >= 11 is 3.60. The van der Waals surface area contributed by atoms with E-state index in [1.165, 1.54) is 38.5 Å². The van der Waals surface area contributed by atoms with E-state index in [0.717, 1.165) is 10.0 Å². The maximum Gasteiger partial charge on any atom is 0.0653 e. The standard InChI is InChI=1S/C16H24BrNO/c1-16(12-19,14-10-6-7-11-15(14)17)18-13-8-4-2-3-5-9-13/h6-7,10-11,13,18-19H,2-5,8-9,12H2,1H3. The number of hydrogen-bond donors (Lipinski definition) is 2.